The Labute approximate surface area is 189 Å². The number of aliphatic hydroxyl groups is 1. The maximum absolute atomic E-state index is 12.7. The summed E-state index contributed by atoms with van der Waals surface area (Å²) in [6.45, 7) is 1.75. The third-order valence-corrected chi connectivity index (χ3v) is 5.55. The molecule has 0 radical (unpaired) electrons. The molecule has 0 aliphatic rings. The number of fused-ring (bicyclic) bond motifs is 1. The molecule has 0 heterocycles. The van der Waals surface area contributed by atoms with E-state index >= 15 is 0 Å². The van der Waals surface area contributed by atoms with E-state index in [9.17, 15) is 9.90 Å². The lowest BCUT2D eigenvalue weighted by Crippen LogP contribution is -2.28. The van der Waals surface area contributed by atoms with Crippen molar-refractivity contribution in [2.24, 2.45) is 0 Å². The van der Waals surface area contributed by atoms with Gasteiger partial charge >= 0.3 is 0 Å². The minimum absolute atomic E-state index is 0.162. The number of nitrogens with zero attached hydrogens (tertiary/aromatic N) is 1. The van der Waals surface area contributed by atoms with Gasteiger partial charge in [0.25, 0.3) is 5.91 Å². The molecule has 0 saturated heterocycles. The van der Waals surface area contributed by atoms with Crippen LogP contribution in [0.2, 0.25) is 0 Å². The first-order valence-corrected chi connectivity index (χ1v) is 10.8. The van der Waals surface area contributed by atoms with Crippen LogP contribution in [-0.2, 0) is 13.1 Å². The number of benzene rings is 4. The molecule has 1 amide bonds. The van der Waals surface area contributed by atoms with Gasteiger partial charge in [-0.2, -0.15) is 0 Å². The zero-order chi connectivity index (χ0) is 22.3. The first-order valence-electron chi connectivity index (χ1n) is 10.8. The van der Waals surface area contributed by atoms with Crippen molar-refractivity contribution >= 4 is 16.7 Å². The van der Waals surface area contributed by atoms with Crippen molar-refractivity contribution < 1.29 is 9.90 Å². The van der Waals surface area contributed by atoms with Crippen LogP contribution in [0.25, 0.3) is 10.8 Å². The topological polar surface area (TPSA) is 52.6 Å². The molecule has 0 aliphatic carbocycles. The van der Waals surface area contributed by atoms with Gasteiger partial charge in [0.2, 0.25) is 0 Å². The van der Waals surface area contributed by atoms with Crippen LogP contribution in [0, 0.1) is 0 Å². The Morgan fingerprint density at radius 3 is 2.31 bits per heavy atom. The van der Waals surface area contributed by atoms with E-state index in [1.54, 1.807) is 6.07 Å². The first kappa shape index (κ1) is 21.8. The predicted octanol–water partition coefficient (Wildman–Crippen LogP) is 4.94. The van der Waals surface area contributed by atoms with Gasteiger partial charge in [0.1, 0.15) is 0 Å². The molecule has 162 valence electrons. The zero-order valence-corrected chi connectivity index (χ0v) is 18.2. The lowest BCUT2D eigenvalue weighted by atomic mass is 10.0. The lowest BCUT2D eigenvalue weighted by molar-refractivity contribution is 0.0916. The highest BCUT2D eigenvalue weighted by molar-refractivity contribution is 5.94. The Balaban J connectivity index is 1.34. The summed E-state index contributed by atoms with van der Waals surface area (Å²) in [7, 11) is 2.07. The van der Waals surface area contributed by atoms with Gasteiger partial charge in [-0.25, -0.2) is 0 Å². The van der Waals surface area contributed by atoms with Crippen LogP contribution < -0.4 is 5.32 Å². The molecule has 32 heavy (non-hydrogen) atoms. The third-order valence-electron chi connectivity index (χ3n) is 5.55. The van der Waals surface area contributed by atoms with Crippen LogP contribution >= 0.6 is 0 Å². The highest BCUT2D eigenvalue weighted by Gasteiger charge is 2.12. The van der Waals surface area contributed by atoms with E-state index in [2.05, 4.69) is 29.4 Å². The second-order valence-electron chi connectivity index (χ2n) is 8.19. The number of hydrogen-bond donors (Lipinski definition) is 2. The molecule has 1 unspecified atom stereocenters. The number of rotatable bonds is 8. The van der Waals surface area contributed by atoms with Crippen LogP contribution in [-0.4, -0.2) is 29.5 Å². The van der Waals surface area contributed by atoms with E-state index in [4.69, 9.17) is 0 Å². The fourth-order valence-electron chi connectivity index (χ4n) is 3.90. The molecule has 4 rings (SSSR count). The second kappa shape index (κ2) is 10.2. The SMILES string of the molecule is CN(Cc1ccccc1)Cc1cccc(C(=O)NCC(O)c2ccc3ccccc3c2)c1. The van der Waals surface area contributed by atoms with Crippen LogP contribution in [0.3, 0.4) is 0 Å². The lowest BCUT2D eigenvalue weighted by Gasteiger charge is -2.17. The molecular weight excluding hydrogens is 396 g/mol. The zero-order valence-electron chi connectivity index (χ0n) is 18.2. The van der Waals surface area contributed by atoms with E-state index in [0.29, 0.717) is 5.56 Å². The fraction of sp³-hybridized carbons (Fsp3) is 0.179. The highest BCUT2D eigenvalue weighted by atomic mass is 16.3. The maximum Gasteiger partial charge on any atom is 0.251 e. The standard InChI is InChI=1S/C28H28N2O2/c1-30(19-21-8-3-2-4-9-21)20-22-10-7-13-26(16-22)28(32)29-18-27(31)25-15-14-23-11-5-6-12-24(23)17-25/h2-17,27,31H,18-20H2,1H3,(H,29,32). The van der Waals surface area contributed by atoms with Gasteiger partial charge in [-0.05, 0) is 52.7 Å². The Bertz CT molecular complexity index is 1190. The number of carbonyl (C=O) groups excluding carboxylic acids is 1. The number of nitrogens with one attached hydrogen (secondary N) is 1. The first-order chi connectivity index (χ1) is 15.6. The summed E-state index contributed by atoms with van der Waals surface area (Å²) in [5, 5.41) is 15.6. The maximum atomic E-state index is 12.7. The van der Waals surface area contributed by atoms with E-state index in [1.807, 2.05) is 78.9 Å². The molecule has 0 aliphatic heterocycles. The Hall–Kier alpha value is -3.47. The van der Waals surface area contributed by atoms with Crippen molar-refractivity contribution in [3.63, 3.8) is 0 Å². The molecular formula is C28H28N2O2. The molecule has 0 spiro atoms. The van der Waals surface area contributed by atoms with E-state index < -0.39 is 6.10 Å². The Morgan fingerprint density at radius 2 is 1.50 bits per heavy atom. The monoisotopic (exact) mass is 424 g/mol. The smallest absolute Gasteiger partial charge is 0.251 e. The molecule has 4 aromatic carbocycles. The quantitative estimate of drug-likeness (QED) is 0.421. The van der Waals surface area contributed by atoms with Gasteiger partial charge in [0.15, 0.2) is 0 Å². The van der Waals surface area contributed by atoms with E-state index in [1.165, 1.54) is 5.56 Å². The molecule has 0 saturated carbocycles. The minimum atomic E-state index is -0.760. The second-order valence-corrected chi connectivity index (χ2v) is 8.19. The van der Waals surface area contributed by atoms with Crippen molar-refractivity contribution in [3.8, 4) is 0 Å². The number of amides is 1. The van der Waals surface area contributed by atoms with Crippen LogP contribution in [0.1, 0.15) is 33.2 Å². The molecule has 0 bridgehead atoms. The average molecular weight is 425 g/mol. The Morgan fingerprint density at radius 1 is 0.812 bits per heavy atom. The normalized spacial score (nSPS) is 12.1. The number of carbonyl (C=O) groups is 1. The fourth-order valence-corrected chi connectivity index (χ4v) is 3.90. The molecule has 4 nitrogen and oxygen atoms in total. The van der Waals surface area contributed by atoms with Crippen molar-refractivity contribution in [2.45, 2.75) is 19.2 Å². The summed E-state index contributed by atoms with van der Waals surface area (Å²) in [4.78, 5) is 14.9. The van der Waals surface area contributed by atoms with Gasteiger partial charge in [0.05, 0.1) is 6.10 Å². The summed E-state index contributed by atoms with van der Waals surface area (Å²) in [5.74, 6) is -0.183. The number of aliphatic hydroxyl groups excluding tert-OH is 1. The minimum Gasteiger partial charge on any atom is -0.387 e. The molecule has 1 atom stereocenters. The third kappa shape index (κ3) is 5.61. The predicted molar refractivity (Wildman–Crippen MR) is 129 cm³/mol. The summed E-state index contributed by atoms with van der Waals surface area (Å²) >= 11 is 0. The van der Waals surface area contributed by atoms with Crippen molar-refractivity contribution in [3.05, 3.63) is 119 Å². The largest absolute Gasteiger partial charge is 0.387 e. The van der Waals surface area contributed by atoms with Gasteiger partial charge in [-0.15, -0.1) is 0 Å². The Kier molecular flexibility index (Phi) is 6.95. The highest BCUT2D eigenvalue weighted by Crippen LogP contribution is 2.20. The summed E-state index contributed by atoms with van der Waals surface area (Å²) in [5.41, 5.74) is 3.72. The molecule has 4 heteroatoms. The molecule has 0 aromatic heterocycles. The molecule has 0 fully saturated rings. The van der Waals surface area contributed by atoms with Gasteiger partial charge in [0, 0.05) is 25.2 Å². The van der Waals surface area contributed by atoms with Crippen molar-refractivity contribution in [1.82, 2.24) is 10.2 Å². The van der Waals surface area contributed by atoms with Gasteiger partial charge in [-0.3, -0.25) is 9.69 Å². The van der Waals surface area contributed by atoms with Gasteiger partial charge in [-0.1, -0.05) is 78.9 Å². The van der Waals surface area contributed by atoms with Crippen molar-refractivity contribution in [2.75, 3.05) is 13.6 Å². The van der Waals surface area contributed by atoms with Crippen LogP contribution in [0.5, 0.6) is 0 Å². The average Bonchev–Trinajstić information content (AvgIpc) is 2.82. The van der Waals surface area contributed by atoms with Crippen LogP contribution in [0.4, 0.5) is 0 Å². The van der Waals surface area contributed by atoms with Crippen LogP contribution in [0.15, 0.2) is 97.1 Å². The van der Waals surface area contributed by atoms with Crippen molar-refractivity contribution in [1.29, 1.82) is 0 Å². The molecule has 4 aromatic rings. The summed E-state index contributed by atoms with van der Waals surface area (Å²) < 4.78 is 0. The summed E-state index contributed by atoms with van der Waals surface area (Å²) in [6.07, 6.45) is -0.760. The van der Waals surface area contributed by atoms with E-state index in [-0.39, 0.29) is 12.5 Å². The number of hydrogen-bond acceptors (Lipinski definition) is 3. The summed E-state index contributed by atoms with van der Waals surface area (Å²) in [6, 6.07) is 31.9. The molecule has 2 N–H and O–H groups in total. The van der Waals surface area contributed by atoms with E-state index in [0.717, 1.165) is 35.0 Å². The van der Waals surface area contributed by atoms with Gasteiger partial charge < -0.3 is 10.4 Å².